The van der Waals surface area contributed by atoms with Gasteiger partial charge in [-0.15, -0.1) is 0 Å². The molecule has 0 amide bonds. The lowest BCUT2D eigenvalue weighted by Gasteiger charge is -2.12. The third kappa shape index (κ3) is 3.26. The molecule has 0 saturated carbocycles. The molecular formula is C18H17FN2O4. The number of aryl methyl sites for hydroxylation is 1. The number of carbonyl (C=O) groups excluding carboxylic acids is 1. The van der Waals surface area contributed by atoms with Crippen molar-refractivity contribution in [1.82, 2.24) is 10.2 Å². The lowest BCUT2D eigenvalue weighted by atomic mass is 9.93. The molecule has 1 atom stereocenters. The number of H-pyrrole nitrogens is 2. The Hall–Kier alpha value is -3.09. The number of hydrogen-bond donors (Lipinski definition) is 2. The number of furan rings is 1. The lowest BCUT2D eigenvalue weighted by Crippen LogP contribution is -2.16. The Morgan fingerprint density at radius 2 is 2.00 bits per heavy atom. The van der Waals surface area contributed by atoms with Crippen molar-refractivity contribution in [1.29, 1.82) is 0 Å². The van der Waals surface area contributed by atoms with Crippen molar-refractivity contribution >= 4 is 5.97 Å². The van der Waals surface area contributed by atoms with E-state index in [1.54, 1.807) is 37.3 Å². The average molecular weight is 344 g/mol. The van der Waals surface area contributed by atoms with Crippen molar-refractivity contribution in [2.75, 3.05) is 7.11 Å². The average Bonchev–Trinajstić information content (AvgIpc) is 3.21. The van der Waals surface area contributed by atoms with Crippen LogP contribution in [0, 0.1) is 12.7 Å². The fraction of sp³-hybridized carbons (Fsp3) is 0.222. The Balaban J connectivity index is 2.04. The van der Waals surface area contributed by atoms with Gasteiger partial charge in [0.05, 0.1) is 30.6 Å². The standard InChI is InChI=1S/C18H17FN2O4/c1-10-17(18(23)21-20-10)12(9-16(22)24-2)15-8-7-14(25-15)11-5-3-4-6-13(11)19/h3-8,12H,9H2,1-2H3,(H2,20,21,23). The summed E-state index contributed by atoms with van der Waals surface area (Å²) in [5.41, 5.74) is 0.961. The highest BCUT2D eigenvalue weighted by Crippen LogP contribution is 2.33. The van der Waals surface area contributed by atoms with Crippen LogP contribution in [-0.4, -0.2) is 23.3 Å². The number of nitrogens with one attached hydrogen (secondary N) is 2. The number of halogens is 1. The highest BCUT2D eigenvalue weighted by molar-refractivity contribution is 5.71. The number of aromatic amines is 2. The number of methoxy groups -OCH3 is 1. The predicted octanol–water partition coefficient (Wildman–Crippen LogP) is 3.11. The van der Waals surface area contributed by atoms with Gasteiger partial charge in [-0.3, -0.25) is 14.7 Å². The fourth-order valence-electron chi connectivity index (χ4n) is 2.82. The predicted molar refractivity (Wildman–Crippen MR) is 88.7 cm³/mol. The topological polar surface area (TPSA) is 88.1 Å². The van der Waals surface area contributed by atoms with E-state index in [0.29, 0.717) is 28.3 Å². The minimum absolute atomic E-state index is 0.0670. The summed E-state index contributed by atoms with van der Waals surface area (Å²) in [5, 5.41) is 5.23. The van der Waals surface area contributed by atoms with Crippen molar-refractivity contribution in [3.8, 4) is 11.3 Å². The van der Waals surface area contributed by atoms with Gasteiger partial charge in [-0.25, -0.2) is 4.39 Å². The normalized spacial score (nSPS) is 12.1. The van der Waals surface area contributed by atoms with Crippen molar-refractivity contribution < 1.29 is 18.3 Å². The quantitative estimate of drug-likeness (QED) is 0.696. The summed E-state index contributed by atoms with van der Waals surface area (Å²) in [5.74, 6) is -0.815. The number of benzene rings is 1. The van der Waals surface area contributed by atoms with Crippen molar-refractivity contribution in [3.63, 3.8) is 0 Å². The molecule has 7 heteroatoms. The summed E-state index contributed by atoms with van der Waals surface area (Å²) < 4.78 is 24.5. The minimum atomic E-state index is -0.636. The first-order valence-electron chi connectivity index (χ1n) is 7.70. The molecular weight excluding hydrogens is 327 g/mol. The molecule has 3 rings (SSSR count). The second kappa shape index (κ2) is 6.80. The monoisotopic (exact) mass is 344 g/mol. The van der Waals surface area contributed by atoms with E-state index >= 15 is 0 Å². The van der Waals surface area contributed by atoms with Gasteiger partial charge in [0.1, 0.15) is 17.3 Å². The molecule has 0 aliphatic rings. The third-order valence-electron chi connectivity index (χ3n) is 4.07. The summed E-state index contributed by atoms with van der Waals surface area (Å²) in [6, 6.07) is 9.49. The molecule has 1 aromatic carbocycles. The van der Waals surface area contributed by atoms with Gasteiger partial charge in [0, 0.05) is 5.69 Å². The largest absolute Gasteiger partial charge is 0.469 e. The van der Waals surface area contributed by atoms with E-state index in [9.17, 15) is 14.0 Å². The van der Waals surface area contributed by atoms with E-state index in [4.69, 9.17) is 9.15 Å². The number of carbonyl (C=O) groups is 1. The van der Waals surface area contributed by atoms with Gasteiger partial charge >= 0.3 is 5.97 Å². The van der Waals surface area contributed by atoms with Crippen LogP contribution in [0.15, 0.2) is 45.6 Å². The second-order valence-corrected chi connectivity index (χ2v) is 5.63. The second-order valence-electron chi connectivity index (χ2n) is 5.63. The van der Waals surface area contributed by atoms with E-state index in [1.807, 2.05) is 0 Å². The molecule has 0 fully saturated rings. The van der Waals surface area contributed by atoms with E-state index in [0.717, 1.165) is 0 Å². The van der Waals surface area contributed by atoms with Crippen LogP contribution in [0.5, 0.6) is 0 Å². The highest BCUT2D eigenvalue weighted by Gasteiger charge is 2.27. The molecule has 2 heterocycles. The first kappa shape index (κ1) is 16.8. The van der Waals surface area contributed by atoms with E-state index in [1.165, 1.54) is 13.2 Å². The minimum Gasteiger partial charge on any atom is -0.469 e. The first-order chi connectivity index (χ1) is 12.0. The van der Waals surface area contributed by atoms with Crippen molar-refractivity contribution in [2.45, 2.75) is 19.3 Å². The number of aromatic nitrogens is 2. The summed E-state index contributed by atoms with van der Waals surface area (Å²) in [6.45, 7) is 1.72. The van der Waals surface area contributed by atoms with Crippen LogP contribution in [0.4, 0.5) is 4.39 Å². The molecule has 1 unspecified atom stereocenters. The molecule has 0 aliphatic carbocycles. The third-order valence-corrected chi connectivity index (χ3v) is 4.07. The van der Waals surface area contributed by atoms with Crippen LogP contribution in [0.25, 0.3) is 11.3 Å². The Kier molecular flexibility index (Phi) is 4.56. The maximum Gasteiger partial charge on any atom is 0.306 e. The van der Waals surface area contributed by atoms with Gasteiger partial charge in [-0.1, -0.05) is 12.1 Å². The molecule has 3 aromatic rings. The van der Waals surface area contributed by atoms with Crippen LogP contribution in [0.1, 0.15) is 29.4 Å². The highest BCUT2D eigenvalue weighted by atomic mass is 19.1. The molecule has 2 aromatic heterocycles. The van der Waals surface area contributed by atoms with Crippen LogP contribution in [0.3, 0.4) is 0 Å². The van der Waals surface area contributed by atoms with Gasteiger partial charge in [-0.05, 0) is 31.2 Å². The zero-order valence-electron chi connectivity index (χ0n) is 13.8. The summed E-state index contributed by atoms with van der Waals surface area (Å²) in [7, 11) is 1.28. The fourth-order valence-corrected chi connectivity index (χ4v) is 2.82. The Morgan fingerprint density at radius 1 is 1.24 bits per heavy atom. The molecule has 0 spiro atoms. The maximum atomic E-state index is 14.0. The van der Waals surface area contributed by atoms with Gasteiger partial charge in [-0.2, -0.15) is 0 Å². The van der Waals surface area contributed by atoms with Crippen LogP contribution >= 0.6 is 0 Å². The van der Waals surface area contributed by atoms with Gasteiger partial charge in [0.25, 0.3) is 5.56 Å². The number of esters is 1. The Morgan fingerprint density at radius 3 is 2.64 bits per heavy atom. The Bertz CT molecular complexity index is 954. The van der Waals surface area contributed by atoms with Gasteiger partial charge < -0.3 is 14.3 Å². The number of rotatable bonds is 5. The maximum absolute atomic E-state index is 14.0. The molecule has 25 heavy (non-hydrogen) atoms. The summed E-state index contributed by atoms with van der Waals surface area (Å²) in [6.07, 6.45) is -0.0670. The number of hydrogen-bond acceptors (Lipinski definition) is 4. The summed E-state index contributed by atoms with van der Waals surface area (Å²) in [4.78, 5) is 23.9. The zero-order chi connectivity index (χ0) is 18.0. The van der Waals surface area contributed by atoms with E-state index in [2.05, 4.69) is 10.2 Å². The molecule has 0 radical (unpaired) electrons. The lowest BCUT2D eigenvalue weighted by molar-refractivity contribution is -0.140. The Labute approximate surface area is 142 Å². The molecule has 6 nitrogen and oxygen atoms in total. The van der Waals surface area contributed by atoms with E-state index in [-0.39, 0.29) is 12.0 Å². The molecule has 0 aliphatic heterocycles. The van der Waals surface area contributed by atoms with Crippen LogP contribution < -0.4 is 5.56 Å². The van der Waals surface area contributed by atoms with Crippen molar-refractivity contribution in [3.05, 3.63) is 69.6 Å². The van der Waals surface area contributed by atoms with Gasteiger partial charge in [0.15, 0.2) is 0 Å². The van der Waals surface area contributed by atoms with Gasteiger partial charge in [0.2, 0.25) is 0 Å². The molecule has 2 N–H and O–H groups in total. The molecule has 0 bridgehead atoms. The van der Waals surface area contributed by atoms with E-state index < -0.39 is 17.7 Å². The number of ether oxygens (including phenoxy) is 1. The van der Waals surface area contributed by atoms with Crippen LogP contribution in [0.2, 0.25) is 0 Å². The van der Waals surface area contributed by atoms with Crippen molar-refractivity contribution in [2.24, 2.45) is 0 Å². The first-order valence-corrected chi connectivity index (χ1v) is 7.70. The molecule has 0 saturated heterocycles. The SMILES string of the molecule is COC(=O)CC(c1ccc(-c2ccccc2F)o1)c1c(C)[nH][nH]c1=O. The summed E-state index contributed by atoms with van der Waals surface area (Å²) >= 11 is 0. The zero-order valence-corrected chi connectivity index (χ0v) is 13.8. The molecule has 130 valence electrons. The smallest absolute Gasteiger partial charge is 0.306 e. The van der Waals surface area contributed by atoms with Crippen LogP contribution in [-0.2, 0) is 9.53 Å².